The Bertz CT molecular complexity index is 1420. The molecule has 1 N–H and O–H groups in total. The van der Waals surface area contributed by atoms with E-state index in [2.05, 4.69) is 15.3 Å². The molecule has 154 valence electrons. The number of carbonyl (C=O) groups is 1. The highest BCUT2D eigenvalue weighted by molar-refractivity contribution is 6.05. The molecular formula is C24H20N4O3. The second-order valence-electron chi connectivity index (χ2n) is 7.39. The molecule has 0 saturated heterocycles. The summed E-state index contributed by atoms with van der Waals surface area (Å²) < 4.78 is 13.3. The van der Waals surface area contributed by atoms with E-state index in [1.807, 2.05) is 41.9 Å². The summed E-state index contributed by atoms with van der Waals surface area (Å²) >= 11 is 0. The fourth-order valence-corrected chi connectivity index (χ4v) is 3.43. The molecule has 3 aromatic heterocycles. The van der Waals surface area contributed by atoms with Crippen LogP contribution in [0.2, 0.25) is 0 Å². The van der Waals surface area contributed by atoms with Gasteiger partial charge in [0.25, 0.3) is 5.91 Å². The summed E-state index contributed by atoms with van der Waals surface area (Å²) in [5.74, 6) is 0.959. The van der Waals surface area contributed by atoms with Gasteiger partial charge in [0.1, 0.15) is 23.5 Å². The average Bonchev–Trinajstić information content (AvgIpc) is 3.33. The minimum Gasteiger partial charge on any atom is -0.487 e. The van der Waals surface area contributed by atoms with Crippen molar-refractivity contribution in [2.75, 3.05) is 5.32 Å². The van der Waals surface area contributed by atoms with Gasteiger partial charge in [0.05, 0.1) is 5.69 Å². The number of pyridine rings is 1. The summed E-state index contributed by atoms with van der Waals surface area (Å²) in [5.41, 5.74) is 5.39. The molecule has 0 aliphatic heterocycles. The van der Waals surface area contributed by atoms with Gasteiger partial charge in [-0.3, -0.25) is 4.79 Å². The third-order valence-electron chi connectivity index (χ3n) is 4.88. The maximum absolute atomic E-state index is 12.7. The summed E-state index contributed by atoms with van der Waals surface area (Å²) in [6.07, 6.45) is 3.97. The number of fused-ring (bicyclic) bond motifs is 2. The molecule has 1 amide bonds. The monoisotopic (exact) mass is 412 g/mol. The normalized spacial score (nSPS) is 11.2. The third-order valence-corrected chi connectivity index (χ3v) is 4.88. The van der Waals surface area contributed by atoms with Gasteiger partial charge in [-0.05, 0) is 55.0 Å². The molecular weight excluding hydrogens is 392 g/mol. The Balaban J connectivity index is 1.28. The Kier molecular flexibility index (Phi) is 4.63. The summed E-state index contributed by atoms with van der Waals surface area (Å²) in [7, 11) is 0. The van der Waals surface area contributed by atoms with Crippen LogP contribution in [0.25, 0.3) is 16.7 Å². The van der Waals surface area contributed by atoms with Crippen LogP contribution in [0.15, 0.2) is 71.4 Å². The summed E-state index contributed by atoms with van der Waals surface area (Å²) in [4.78, 5) is 21.6. The fourth-order valence-electron chi connectivity index (χ4n) is 3.43. The van der Waals surface area contributed by atoms with Gasteiger partial charge in [0, 0.05) is 30.6 Å². The lowest BCUT2D eigenvalue weighted by atomic mass is 10.2. The second-order valence-corrected chi connectivity index (χ2v) is 7.39. The van der Waals surface area contributed by atoms with Gasteiger partial charge < -0.3 is 18.9 Å². The average molecular weight is 412 g/mol. The molecule has 5 aromatic rings. The molecule has 0 bridgehead atoms. The maximum atomic E-state index is 12.7. The maximum Gasteiger partial charge on any atom is 0.255 e. The molecule has 31 heavy (non-hydrogen) atoms. The van der Waals surface area contributed by atoms with E-state index in [1.54, 1.807) is 43.3 Å². The largest absolute Gasteiger partial charge is 0.487 e. The molecule has 2 aromatic carbocycles. The highest BCUT2D eigenvalue weighted by Crippen LogP contribution is 2.21. The van der Waals surface area contributed by atoms with Gasteiger partial charge in [-0.25, -0.2) is 9.97 Å². The number of aromatic nitrogens is 3. The van der Waals surface area contributed by atoms with Crippen molar-refractivity contribution >= 4 is 28.3 Å². The standard InChI is InChI=1S/C24H20N4O3/c1-15-6-9-23-26-19(13-28(23)12-15)14-30-20-5-3-4-17(10-20)24(29)27-18-7-8-22-21(11-18)25-16(2)31-22/h3-13H,14H2,1-2H3,(H,27,29). The topological polar surface area (TPSA) is 81.7 Å². The number of hydrogen-bond acceptors (Lipinski definition) is 5. The van der Waals surface area contributed by atoms with Crippen LogP contribution >= 0.6 is 0 Å². The SMILES string of the molecule is Cc1ccc2nc(COc3cccc(C(=O)Nc4ccc5oc(C)nc5c4)c3)cn2c1. The van der Waals surface area contributed by atoms with Crippen molar-refractivity contribution < 1.29 is 13.9 Å². The van der Waals surface area contributed by atoms with Gasteiger partial charge in [-0.2, -0.15) is 0 Å². The van der Waals surface area contributed by atoms with E-state index in [-0.39, 0.29) is 5.91 Å². The smallest absolute Gasteiger partial charge is 0.255 e. The molecule has 0 atom stereocenters. The van der Waals surface area contributed by atoms with Crippen molar-refractivity contribution in [3.05, 3.63) is 89.7 Å². The van der Waals surface area contributed by atoms with Gasteiger partial charge in [0.15, 0.2) is 11.5 Å². The molecule has 7 nitrogen and oxygen atoms in total. The second kappa shape index (κ2) is 7.60. The lowest BCUT2D eigenvalue weighted by Gasteiger charge is -2.08. The number of nitrogens with one attached hydrogen (secondary N) is 1. The number of anilines is 1. The Labute approximate surface area is 178 Å². The lowest BCUT2D eigenvalue weighted by Crippen LogP contribution is -2.12. The molecule has 0 unspecified atom stereocenters. The van der Waals surface area contributed by atoms with Crippen LogP contribution in [-0.2, 0) is 6.61 Å². The zero-order valence-corrected chi connectivity index (χ0v) is 17.1. The molecule has 0 fully saturated rings. The van der Waals surface area contributed by atoms with Crippen LogP contribution in [0.3, 0.4) is 0 Å². The highest BCUT2D eigenvalue weighted by atomic mass is 16.5. The number of oxazole rings is 1. The molecule has 0 saturated carbocycles. The first-order chi connectivity index (χ1) is 15.0. The summed E-state index contributed by atoms with van der Waals surface area (Å²) in [6.45, 7) is 4.14. The highest BCUT2D eigenvalue weighted by Gasteiger charge is 2.10. The molecule has 3 heterocycles. The number of hydrogen-bond donors (Lipinski definition) is 1. The van der Waals surface area contributed by atoms with E-state index in [0.29, 0.717) is 40.6 Å². The van der Waals surface area contributed by atoms with Gasteiger partial charge in [-0.15, -0.1) is 0 Å². The number of benzene rings is 2. The number of imidazole rings is 1. The van der Waals surface area contributed by atoms with E-state index < -0.39 is 0 Å². The van der Waals surface area contributed by atoms with Crippen LogP contribution in [0.1, 0.15) is 27.5 Å². The Hall–Kier alpha value is -4.13. The molecule has 0 aliphatic carbocycles. The summed E-state index contributed by atoms with van der Waals surface area (Å²) in [5, 5.41) is 2.89. The van der Waals surface area contributed by atoms with Crippen molar-refractivity contribution in [1.29, 1.82) is 0 Å². The minimum atomic E-state index is -0.228. The number of amides is 1. The van der Waals surface area contributed by atoms with Gasteiger partial charge in [-0.1, -0.05) is 12.1 Å². The number of carbonyl (C=O) groups excluding carboxylic acids is 1. The van der Waals surface area contributed by atoms with Crippen LogP contribution < -0.4 is 10.1 Å². The number of ether oxygens (including phenoxy) is 1. The molecule has 0 aliphatic rings. The Morgan fingerprint density at radius 1 is 1.06 bits per heavy atom. The quantitative estimate of drug-likeness (QED) is 0.443. The Morgan fingerprint density at radius 3 is 2.87 bits per heavy atom. The third kappa shape index (κ3) is 3.98. The zero-order chi connectivity index (χ0) is 21.4. The molecule has 5 rings (SSSR count). The van der Waals surface area contributed by atoms with Crippen LogP contribution in [0.5, 0.6) is 5.75 Å². The summed E-state index contributed by atoms with van der Waals surface area (Å²) in [6, 6.07) is 16.4. The van der Waals surface area contributed by atoms with E-state index in [0.717, 1.165) is 16.9 Å². The lowest BCUT2D eigenvalue weighted by molar-refractivity contribution is 0.102. The molecule has 7 heteroatoms. The fraction of sp³-hybridized carbons (Fsp3) is 0.125. The van der Waals surface area contributed by atoms with E-state index in [1.165, 1.54) is 0 Å². The number of rotatable bonds is 5. The van der Waals surface area contributed by atoms with Gasteiger partial charge in [0.2, 0.25) is 0 Å². The van der Waals surface area contributed by atoms with E-state index in [4.69, 9.17) is 9.15 Å². The minimum absolute atomic E-state index is 0.228. The van der Waals surface area contributed by atoms with Crippen molar-refractivity contribution in [3.63, 3.8) is 0 Å². The Morgan fingerprint density at radius 2 is 1.97 bits per heavy atom. The number of aryl methyl sites for hydroxylation is 2. The van der Waals surface area contributed by atoms with Crippen molar-refractivity contribution in [1.82, 2.24) is 14.4 Å². The van der Waals surface area contributed by atoms with Gasteiger partial charge >= 0.3 is 0 Å². The van der Waals surface area contributed by atoms with Crippen molar-refractivity contribution in [3.8, 4) is 5.75 Å². The number of nitrogens with zero attached hydrogens (tertiary/aromatic N) is 3. The first-order valence-corrected chi connectivity index (χ1v) is 9.89. The van der Waals surface area contributed by atoms with Crippen molar-refractivity contribution in [2.24, 2.45) is 0 Å². The first kappa shape index (κ1) is 18.9. The molecule has 0 spiro atoms. The van der Waals surface area contributed by atoms with Crippen molar-refractivity contribution in [2.45, 2.75) is 20.5 Å². The first-order valence-electron chi connectivity index (χ1n) is 9.89. The van der Waals surface area contributed by atoms with E-state index in [9.17, 15) is 4.79 Å². The predicted molar refractivity (Wildman–Crippen MR) is 117 cm³/mol. The van der Waals surface area contributed by atoms with E-state index >= 15 is 0 Å². The van der Waals surface area contributed by atoms with Crippen LogP contribution in [0.4, 0.5) is 5.69 Å². The predicted octanol–water partition coefficient (Wildman–Crippen LogP) is 4.92. The van der Waals surface area contributed by atoms with Crippen LogP contribution in [-0.4, -0.2) is 20.3 Å². The van der Waals surface area contributed by atoms with Crippen LogP contribution in [0, 0.1) is 13.8 Å². The zero-order valence-electron chi connectivity index (χ0n) is 17.1. The molecule has 0 radical (unpaired) electrons.